The number of aryl methyl sites for hydroxylation is 1. The molecule has 0 amide bonds. The minimum atomic E-state index is -0.868. The molecule has 0 spiro atoms. The Bertz CT molecular complexity index is 568. The molecular weight excluding hydrogens is 258 g/mol. The molecule has 0 aliphatic carbocycles. The van der Waals surface area contributed by atoms with Crippen LogP contribution in [0, 0.1) is 0 Å². The number of rotatable bonds is 6. The van der Waals surface area contributed by atoms with E-state index in [2.05, 4.69) is 15.2 Å². The molecule has 0 aliphatic rings. The lowest BCUT2D eigenvalue weighted by Crippen LogP contribution is -2.27. The van der Waals surface area contributed by atoms with E-state index in [-0.39, 0.29) is 0 Å². The summed E-state index contributed by atoms with van der Waals surface area (Å²) in [4.78, 5) is 4.46. The molecule has 0 aromatic carbocycles. The van der Waals surface area contributed by atoms with Gasteiger partial charge in [0.25, 0.3) is 0 Å². The molecule has 2 heterocycles. The quantitative estimate of drug-likeness (QED) is 0.856. The van der Waals surface area contributed by atoms with Gasteiger partial charge in [-0.3, -0.25) is 4.68 Å². The standard InChI is InChI=1S/C13H21N5O2/c1-5-17-7-10(6-14-17)12-15-11(8-20-4)16-18(12)9-13(2,3)19/h6-7,19H,5,8-9H2,1-4H3. The maximum atomic E-state index is 9.99. The Balaban J connectivity index is 2.38. The van der Waals surface area contributed by atoms with Crippen molar-refractivity contribution in [3.8, 4) is 11.4 Å². The van der Waals surface area contributed by atoms with Crippen molar-refractivity contribution in [3.63, 3.8) is 0 Å². The monoisotopic (exact) mass is 279 g/mol. The highest BCUT2D eigenvalue weighted by Crippen LogP contribution is 2.19. The molecule has 20 heavy (non-hydrogen) atoms. The minimum Gasteiger partial charge on any atom is -0.389 e. The number of methoxy groups -OCH3 is 1. The van der Waals surface area contributed by atoms with Crippen LogP contribution in [-0.4, -0.2) is 42.4 Å². The average Bonchev–Trinajstić information content (AvgIpc) is 2.94. The van der Waals surface area contributed by atoms with E-state index in [1.165, 1.54) is 0 Å². The smallest absolute Gasteiger partial charge is 0.176 e. The zero-order valence-corrected chi connectivity index (χ0v) is 12.4. The van der Waals surface area contributed by atoms with Gasteiger partial charge in [0.1, 0.15) is 6.61 Å². The van der Waals surface area contributed by atoms with Crippen molar-refractivity contribution in [2.24, 2.45) is 0 Å². The number of aromatic nitrogens is 5. The lowest BCUT2D eigenvalue weighted by Gasteiger charge is -2.17. The van der Waals surface area contributed by atoms with Crippen LogP contribution in [0.1, 0.15) is 26.6 Å². The second-order valence-corrected chi connectivity index (χ2v) is 5.34. The Morgan fingerprint density at radius 3 is 2.70 bits per heavy atom. The van der Waals surface area contributed by atoms with Gasteiger partial charge in [0, 0.05) is 19.9 Å². The zero-order valence-electron chi connectivity index (χ0n) is 12.4. The first kappa shape index (κ1) is 14.7. The number of aliphatic hydroxyl groups is 1. The van der Waals surface area contributed by atoms with Gasteiger partial charge in [0.2, 0.25) is 0 Å². The summed E-state index contributed by atoms with van der Waals surface area (Å²) < 4.78 is 8.59. The molecule has 0 unspecified atom stereocenters. The topological polar surface area (TPSA) is 78.0 Å². The third-order valence-corrected chi connectivity index (χ3v) is 2.74. The highest BCUT2D eigenvalue weighted by atomic mass is 16.5. The van der Waals surface area contributed by atoms with Gasteiger partial charge in [-0.05, 0) is 20.8 Å². The van der Waals surface area contributed by atoms with Crippen molar-refractivity contribution in [1.29, 1.82) is 0 Å². The Morgan fingerprint density at radius 2 is 2.15 bits per heavy atom. The first-order chi connectivity index (χ1) is 9.43. The second kappa shape index (κ2) is 5.72. The van der Waals surface area contributed by atoms with Crippen LogP contribution < -0.4 is 0 Å². The molecule has 0 bridgehead atoms. The molecule has 1 N–H and O–H groups in total. The SMILES string of the molecule is CCn1cc(-c2nc(COC)nn2CC(C)(C)O)cn1. The Hall–Kier alpha value is -1.73. The van der Waals surface area contributed by atoms with E-state index in [9.17, 15) is 5.11 Å². The molecule has 0 saturated carbocycles. The summed E-state index contributed by atoms with van der Waals surface area (Å²) >= 11 is 0. The summed E-state index contributed by atoms with van der Waals surface area (Å²) in [6, 6.07) is 0. The van der Waals surface area contributed by atoms with Crippen LogP contribution >= 0.6 is 0 Å². The molecule has 2 aromatic heterocycles. The van der Waals surface area contributed by atoms with Gasteiger partial charge in [-0.25, -0.2) is 9.67 Å². The Morgan fingerprint density at radius 1 is 1.40 bits per heavy atom. The van der Waals surface area contributed by atoms with Crippen molar-refractivity contribution in [3.05, 3.63) is 18.2 Å². The first-order valence-corrected chi connectivity index (χ1v) is 6.61. The molecule has 0 radical (unpaired) electrons. The molecule has 2 rings (SSSR count). The molecule has 0 saturated heterocycles. The molecular formula is C13H21N5O2. The van der Waals surface area contributed by atoms with E-state index in [0.717, 1.165) is 12.1 Å². The van der Waals surface area contributed by atoms with Gasteiger partial charge in [0.05, 0.1) is 23.9 Å². The number of hydrogen-bond acceptors (Lipinski definition) is 5. The number of nitrogens with zero attached hydrogens (tertiary/aromatic N) is 5. The van der Waals surface area contributed by atoms with Gasteiger partial charge < -0.3 is 9.84 Å². The van der Waals surface area contributed by atoms with E-state index in [4.69, 9.17) is 4.74 Å². The van der Waals surface area contributed by atoms with Crippen LogP contribution in [0.15, 0.2) is 12.4 Å². The minimum absolute atomic E-state index is 0.341. The summed E-state index contributed by atoms with van der Waals surface area (Å²) in [7, 11) is 1.60. The van der Waals surface area contributed by atoms with Crippen LogP contribution in [0.2, 0.25) is 0 Å². The summed E-state index contributed by atoms with van der Waals surface area (Å²) in [5, 5.41) is 18.6. The fraction of sp³-hybridized carbons (Fsp3) is 0.615. The van der Waals surface area contributed by atoms with Crippen molar-refractivity contribution in [2.75, 3.05) is 7.11 Å². The van der Waals surface area contributed by atoms with Crippen LogP contribution in [0.25, 0.3) is 11.4 Å². The molecule has 7 heteroatoms. The van der Waals surface area contributed by atoms with Crippen LogP contribution in [0.4, 0.5) is 0 Å². The third kappa shape index (κ3) is 3.43. The van der Waals surface area contributed by atoms with Crippen molar-refractivity contribution >= 4 is 0 Å². The average molecular weight is 279 g/mol. The van der Waals surface area contributed by atoms with Crippen LogP contribution in [0.3, 0.4) is 0 Å². The van der Waals surface area contributed by atoms with Crippen molar-refractivity contribution in [1.82, 2.24) is 24.5 Å². The third-order valence-electron chi connectivity index (χ3n) is 2.74. The van der Waals surface area contributed by atoms with Crippen LogP contribution in [0.5, 0.6) is 0 Å². The van der Waals surface area contributed by atoms with E-state index in [0.29, 0.717) is 24.8 Å². The van der Waals surface area contributed by atoms with Gasteiger partial charge in [-0.2, -0.15) is 10.2 Å². The van der Waals surface area contributed by atoms with Crippen molar-refractivity contribution in [2.45, 2.75) is 46.1 Å². The van der Waals surface area contributed by atoms with E-state index in [1.807, 2.05) is 17.8 Å². The predicted octanol–water partition coefficient (Wildman–Crippen LogP) is 1.08. The normalized spacial score (nSPS) is 12.1. The van der Waals surface area contributed by atoms with E-state index >= 15 is 0 Å². The summed E-state index contributed by atoms with van der Waals surface area (Å²) in [5.74, 6) is 1.29. The van der Waals surface area contributed by atoms with Gasteiger partial charge in [0.15, 0.2) is 11.6 Å². The fourth-order valence-corrected chi connectivity index (χ4v) is 1.92. The fourth-order valence-electron chi connectivity index (χ4n) is 1.92. The zero-order chi connectivity index (χ0) is 14.8. The molecule has 0 aliphatic heterocycles. The highest BCUT2D eigenvalue weighted by Gasteiger charge is 2.20. The maximum Gasteiger partial charge on any atom is 0.176 e. The van der Waals surface area contributed by atoms with Crippen molar-refractivity contribution < 1.29 is 9.84 Å². The molecule has 0 atom stereocenters. The summed E-state index contributed by atoms with van der Waals surface area (Å²) in [6.45, 7) is 7.00. The molecule has 2 aromatic rings. The summed E-state index contributed by atoms with van der Waals surface area (Å²) in [6.07, 6.45) is 3.67. The Labute approximate surface area is 118 Å². The summed E-state index contributed by atoms with van der Waals surface area (Å²) in [5.41, 5.74) is 0.0130. The van der Waals surface area contributed by atoms with Gasteiger partial charge in [-0.15, -0.1) is 0 Å². The van der Waals surface area contributed by atoms with E-state index in [1.54, 1.807) is 31.8 Å². The molecule has 110 valence electrons. The molecule has 7 nitrogen and oxygen atoms in total. The second-order valence-electron chi connectivity index (χ2n) is 5.34. The van der Waals surface area contributed by atoms with E-state index < -0.39 is 5.60 Å². The molecule has 0 fully saturated rings. The number of ether oxygens (including phenoxy) is 1. The highest BCUT2D eigenvalue weighted by molar-refractivity contribution is 5.52. The lowest BCUT2D eigenvalue weighted by atomic mass is 10.1. The number of hydrogen-bond donors (Lipinski definition) is 1. The van der Waals surface area contributed by atoms with Crippen LogP contribution in [-0.2, 0) is 24.4 Å². The lowest BCUT2D eigenvalue weighted by molar-refractivity contribution is 0.0578. The van der Waals surface area contributed by atoms with Gasteiger partial charge >= 0.3 is 0 Å². The largest absolute Gasteiger partial charge is 0.389 e. The maximum absolute atomic E-state index is 9.99. The van der Waals surface area contributed by atoms with Gasteiger partial charge in [-0.1, -0.05) is 0 Å². The predicted molar refractivity (Wildman–Crippen MR) is 73.9 cm³/mol. The first-order valence-electron chi connectivity index (χ1n) is 6.61. The Kier molecular flexibility index (Phi) is 4.20.